The Morgan fingerprint density at radius 3 is 2.79 bits per heavy atom. The number of carbonyl (C=O) groups excluding carboxylic acids is 1. The van der Waals surface area contributed by atoms with Gasteiger partial charge in [-0.25, -0.2) is 18.9 Å². The lowest BCUT2D eigenvalue weighted by molar-refractivity contribution is -0.130. The van der Waals surface area contributed by atoms with E-state index >= 15 is 0 Å². The van der Waals surface area contributed by atoms with Crippen LogP contribution < -0.4 is 10.1 Å². The molecule has 0 saturated carbocycles. The Balaban J connectivity index is 1.03. The first-order chi connectivity index (χ1) is 20.4. The van der Waals surface area contributed by atoms with E-state index in [-0.39, 0.29) is 11.8 Å². The highest BCUT2D eigenvalue weighted by molar-refractivity contribution is 5.89. The number of hydrogen-bond acceptors (Lipinski definition) is 7. The maximum Gasteiger partial charge on any atom is 0.246 e. The Labute approximate surface area is 242 Å². The summed E-state index contributed by atoms with van der Waals surface area (Å²) >= 11 is 0. The third-order valence-electron chi connectivity index (χ3n) is 8.02. The monoisotopic (exact) mass is 566 g/mol. The van der Waals surface area contributed by atoms with Gasteiger partial charge in [0.05, 0.1) is 17.4 Å². The van der Waals surface area contributed by atoms with Gasteiger partial charge < -0.3 is 19.5 Å². The molecule has 0 radical (unpaired) electrons. The first-order valence-electron chi connectivity index (χ1n) is 14.0. The zero-order chi connectivity index (χ0) is 28.8. The van der Waals surface area contributed by atoms with Gasteiger partial charge in [-0.2, -0.15) is 5.10 Å². The number of anilines is 2. The molecule has 0 unspecified atom stereocenters. The number of benzene rings is 2. The molecule has 1 amide bonds. The number of hydrogen-bond donors (Lipinski definition) is 1. The van der Waals surface area contributed by atoms with Gasteiger partial charge >= 0.3 is 0 Å². The van der Waals surface area contributed by atoms with Crippen LogP contribution in [0.15, 0.2) is 73.5 Å². The Morgan fingerprint density at radius 1 is 1.12 bits per heavy atom. The van der Waals surface area contributed by atoms with Crippen LogP contribution in [0.2, 0.25) is 0 Å². The summed E-state index contributed by atoms with van der Waals surface area (Å²) in [6.45, 7) is 4.77. The molecule has 10 nitrogen and oxygen atoms in total. The van der Waals surface area contributed by atoms with Gasteiger partial charge in [0.1, 0.15) is 29.5 Å². The molecule has 42 heavy (non-hydrogen) atoms. The lowest BCUT2D eigenvalue weighted by atomic mass is 9.92. The average Bonchev–Trinajstić information content (AvgIpc) is 3.52. The summed E-state index contributed by atoms with van der Waals surface area (Å²) in [5, 5.41) is 7.85. The standard InChI is InChI=1S/C31H31FN8O2/c1-20-12-23(5-8-28(20)42-24-6-7-27-26(13-24)34-19-37(27)2)36-31-30-25(9-11-40(30)35-18-33-31)21-14-39(15-21)29(41)4-3-10-38-16-22(32)17-38/h3-9,11-13,18-19,21-22H,10,14-17H2,1-2H3,(H,33,35,36)/b4-3+. The van der Waals surface area contributed by atoms with Gasteiger partial charge in [-0.1, -0.05) is 6.08 Å². The molecule has 5 aromatic rings. The van der Waals surface area contributed by atoms with Crippen molar-refractivity contribution in [2.24, 2.45) is 7.05 Å². The largest absolute Gasteiger partial charge is 0.457 e. The van der Waals surface area contributed by atoms with Gasteiger partial charge in [0, 0.05) is 69.7 Å². The highest BCUT2D eigenvalue weighted by Crippen LogP contribution is 2.35. The Hall–Kier alpha value is -4.77. The number of amides is 1. The van der Waals surface area contributed by atoms with Crippen molar-refractivity contribution in [2.45, 2.75) is 19.0 Å². The van der Waals surface area contributed by atoms with Gasteiger partial charge in [-0.05, 0) is 54.4 Å². The van der Waals surface area contributed by atoms with Crippen molar-refractivity contribution in [2.75, 3.05) is 38.0 Å². The van der Waals surface area contributed by atoms with E-state index in [4.69, 9.17) is 4.74 Å². The summed E-state index contributed by atoms with van der Waals surface area (Å²) in [5.74, 6) is 2.37. The lowest BCUT2D eigenvalue weighted by Crippen LogP contribution is -2.49. The Kier molecular flexibility index (Phi) is 6.58. The van der Waals surface area contributed by atoms with E-state index in [0.717, 1.165) is 44.9 Å². The molecule has 11 heteroatoms. The SMILES string of the molecule is Cc1cc(Nc2ncnn3ccc(C4CN(C(=O)/C=C/CN5CC(F)C5)C4)c23)ccc1Oc1ccc2c(c1)ncn2C. The smallest absolute Gasteiger partial charge is 0.246 e. The average molecular weight is 567 g/mol. The van der Waals surface area contributed by atoms with Crippen LogP contribution in [0.3, 0.4) is 0 Å². The minimum absolute atomic E-state index is 0.0144. The molecule has 0 atom stereocenters. The zero-order valence-corrected chi connectivity index (χ0v) is 23.4. The summed E-state index contributed by atoms with van der Waals surface area (Å²) < 4.78 is 22.9. The van der Waals surface area contributed by atoms with Gasteiger partial charge in [0.2, 0.25) is 5.91 Å². The van der Waals surface area contributed by atoms with E-state index in [2.05, 4.69) is 26.4 Å². The van der Waals surface area contributed by atoms with Crippen LogP contribution in [0.5, 0.6) is 11.5 Å². The quantitative estimate of drug-likeness (QED) is 0.275. The number of nitrogens with one attached hydrogen (secondary N) is 1. The summed E-state index contributed by atoms with van der Waals surface area (Å²) in [6, 6.07) is 13.9. The summed E-state index contributed by atoms with van der Waals surface area (Å²) in [5.41, 5.74) is 5.78. The maximum atomic E-state index is 13.0. The fourth-order valence-electron chi connectivity index (χ4n) is 5.60. The number of aromatic nitrogens is 5. The van der Waals surface area contributed by atoms with Crippen LogP contribution in [0.4, 0.5) is 15.9 Å². The summed E-state index contributed by atoms with van der Waals surface area (Å²) in [6.07, 6.45) is 7.93. The molecule has 2 saturated heterocycles. The van der Waals surface area contributed by atoms with Crippen molar-refractivity contribution in [1.82, 2.24) is 33.9 Å². The Bertz CT molecular complexity index is 1820. The number of nitrogens with zero attached hydrogens (tertiary/aromatic N) is 7. The van der Waals surface area contributed by atoms with Crippen molar-refractivity contribution in [1.29, 1.82) is 0 Å². The molecule has 2 aromatic carbocycles. The number of alkyl halides is 1. The number of likely N-dealkylation sites (tertiary alicyclic amines) is 2. The predicted molar refractivity (Wildman–Crippen MR) is 158 cm³/mol. The van der Waals surface area contributed by atoms with Gasteiger partial charge in [-0.15, -0.1) is 0 Å². The Morgan fingerprint density at radius 2 is 1.98 bits per heavy atom. The molecule has 7 rings (SSSR count). The van der Waals surface area contributed by atoms with E-state index in [9.17, 15) is 9.18 Å². The molecule has 0 aliphatic carbocycles. The van der Waals surface area contributed by atoms with Gasteiger partial charge in [-0.3, -0.25) is 9.69 Å². The van der Waals surface area contributed by atoms with Crippen molar-refractivity contribution >= 4 is 34.0 Å². The van der Waals surface area contributed by atoms with Crippen molar-refractivity contribution < 1.29 is 13.9 Å². The molecule has 0 spiro atoms. The van der Waals surface area contributed by atoms with Crippen LogP contribution in [0, 0.1) is 6.92 Å². The molecule has 2 fully saturated rings. The minimum Gasteiger partial charge on any atom is -0.457 e. The van der Waals surface area contributed by atoms with E-state index < -0.39 is 6.17 Å². The number of halogens is 1. The highest BCUT2D eigenvalue weighted by Gasteiger charge is 2.33. The van der Waals surface area contributed by atoms with Crippen molar-refractivity contribution in [3.63, 3.8) is 0 Å². The van der Waals surface area contributed by atoms with E-state index in [0.29, 0.717) is 38.5 Å². The second-order valence-corrected chi connectivity index (χ2v) is 11.0. The van der Waals surface area contributed by atoms with E-state index in [1.807, 2.05) is 81.5 Å². The second kappa shape index (κ2) is 10.6. The van der Waals surface area contributed by atoms with Crippen LogP contribution in [0.25, 0.3) is 16.6 Å². The van der Waals surface area contributed by atoms with Crippen LogP contribution in [-0.2, 0) is 11.8 Å². The fourth-order valence-corrected chi connectivity index (χ4v) is 5.60. The number of fused-ring (bicyclic) bond motifs is 2. The molecule has 1 N–H and O–H groups in total. The first kappa shape index (κ1) is 26.1. The van der Waals surface area contributed by atoms with Crippen LogP contribution >= 0.6 is 0 Å². The van der Waals surface area contributed by atoms with Crippen LogP contribution in [0.1, 0.15) is 17.0 Å². The normalized spacial score (nSPS) is 16.3. The summed E-state index contributed by atoms with van der Waals surface area (Å²) in [7, 11) is 1.97. The van der Waals surface area contributed by atoms with Crippen LogP contribution in [-0.4, -0.2) is 78.8 Å². The number of carbonyl (C=O) groups is 1. The third-order valence-corrected chi connectivity index (χ3v) is 8.02. The number of rotatable bonds is 8. The molecule has 3 aromatic heterocycles. The van der Waals surface area contributed by atoms with Crippen molar-refractivity contribution in [3.8, 4) is 11.5 Å². The molecular formula is C31H31FN8O2. The molecule has 214 valence electrons. The third kappa shape index (κ3) is 4.96. The maximum absolute atomic E-state index is 13.0. The topological polar surface area (TPSA) is 92.8 Å². The fraction of sp³-hybridized carbons (Fsp3) is 0.290. The lowest BCUT2D eigenvalue weighted by Gasteiger charge is -2.39. The summed E-state index contributed by atoms with van der Waals surface area (Å²) in [4.78, 5) is 25.3. The molecular weight excluding hydrogens is 535 g/mol. The number of aryl methyl sites for hydroxylation is 2. The van der Waals surface area contributed by atoms with E-state index in [1.54, 1.807) is 12.4 Å². The number of ether oxygens (including phenoxy) is 1. The zero-order valence-electron chi connectivity index (χ0n) is 23.4. The van der Waals surface area contributed by atoms with Crippen molar-refractivity contribution in [3.05, 3.63) is 84.6 Å². The second-order valence-electron chi connectivity index (χ2n) is 11.0. The molecule has 5 heterocycles. The minimum atomic E-state index is -0.734. The number of imidazole rings is 1. The van der Waals surface area contributed by atoms with Gasteiger partial charge in [0.15, 0.2) is 5.82 Å². The highest BCUT2D eigenvalue weighted by atomic mass is 19.1. The van der Waals surface area contributed by atoms with Gasteiger partial charge in [0.25, 0.3) is 0 Å². The predicted octanol–water partition coefficient (Wildman–Crippen LogP) is 4.60. The molecule has 2 aliphatic heterocycles. The molecule has 2 aliphatic rings. The first-order valence-corrected chi connectivity index (χ1v) is 14.0. The molecule has 0 bridgehead atoms. The van der Waals surface area contributed by atoms with E-state index in [1.165, 1.54) is 6.33 Å².